The smallest absolute Gasteiger partial charge is 0.450 e. The van der Waals surface area contributed by atoms with Crippen molar-refractivity contribution in [1.82, 2.24) is 5.32 Å². The number of carbonyl (C=O) groups is 3. The first kappa shape index (κ1) is 18.5. The number of Topliss-reactive ketones (excluding diaryl/α,β-unsaturated/α-hetero) is 1. The van der Waals surface area contributed by atoms with Crippen LogP contribution in [0.3, 0.4) is 0 Å². The molecule has 0 fully saturated rings. The van der Waals surface area contributed by atoms with Crippen LogP contribution in [0.5, 0.6) is 0 Å². The van der Waals surface area contributed by atoms with E-state index in [2.05, 4.69) is 4.74 Å². The maximum Gasteiger partial charge on any atom is 0.450 e. The Kier molecular flexibility index (Phi) is 6.55. The number of esters is 1. The lowest BCUT2D eigenvalue weighted by Gasteiger charge is -2.16. The summed E-state index contributed by atoms with van der Waals surface area (Å²) in [7, 11) is 0.921. The summed E-state index contributed by atoms with van der Waals surface area (Å²) < 4.78 is 45.7. The normalized spacial score (nSPS) is 12.2. The van der Waals surface area contributed by atoms with Crippen LogP contribution in [-0.2, 0) is 25.7 Å². The third-order valence-corrected chi connectivity index (χ3v) is 2.70. The summed E-state index contributed by atoms with van der Waals surface area (Å²) in [5.74, 6) is -3.34. The van der Waals surface area contributed by atoms with E-state index in [1.54, 1.807) is 30.3 Å². The second-order valence-corrected chi connectivity index (χ2v) is 4.41. The fourth-order valence-corrected chi connectivity index (χ4v) is 1.54. The highest BCUT2D eigenvalue weighted by molar-refractivity contribution is 5.91. The van der Waals surface area contributed by atoms with Crippen molar-refractivity contribution >= 4 is 17.8 Å². The molecule has 0 aliphatic rings. The summed E-state index contributed by atoms with van der Waals surface area (Å²) in [6.45, 7) is -0.145. The molecule has 0 aliphatic heterocycles. The first-order valence-electron chi connectivity index (χ1n) is 6.39. The van der Waals surface area contributed by atoms with Gasteiger partial charge in [-0.05, 0) is 5.56 Å². The molecule has 0 bridgehead atoms. The van der Waals surface area contributed by atoms with Crippen LogP contribution in [0.25, 0.3) is 0 Å². The van der Waals surface area contributed by atoms with Gasteiger partial charge in [0, 0.05) is 6.42 Å². The highest BCUT2D eigenvalue weighted by atomic mass is 19.4. The summed E-state index contributed by atoms with van der Waals surface area (Å²) in [5.41, 5.74) is 0.642. The summed E-state index contributed by atoms with van der Waals surface area (Å²) in [5, 5.41) is 1.88. The molecule has 0 saturated heterocycles. The van der Waals surface area contributed by atoms with Crippen LogP contribution in [0.1, 0.15) is 12.0 Å². The Balaban J connectivity index is 2.61. The topological polar surface area (TPSA) is 81.7 Å². The van der Waals surface area contributed by atoms with Gasteiger partial charge >= 0.3 is 18.2 Å². The molecule has 1 rings (SSSR count). The first-order chi connectivity index (χ1) is 10.7. The number of hydrogen-bond donors (Lipinski definition) is 1. The number of amides is 1. The van der Waals surface area contributed by atoms with Crippen LogP contribution < -0.4 is 5.32 Å². The Morgan fingerprint density at radius 3 is 2.30 bits per heavy atom. The zero-order chi connectivity index (χ0) is 17.5. The second kappa shape index (κ2) is 8.16. The fourth-order valence-electron chi connectivity index (χ4n) is 1.54. The lowest BCUT2D eigenvalue weighted by Crippen LogP contribution is -2.45. The van der Waals surface area contributed by atoms with Gasteiger partial charge in [0.1, 0.15) is 12.6 Å². The third kappa shape index (κ3) is 6.37. The van der Waals surface area contributed by atoms with Gasteiger partial charge in [-0.2, -0.15) is 13.2 Å². The van der Waals surface area contributed by atoms with E-state index in [1.165, 1.54) is 0 Å². The maximum atomic E-state index is 12.2. The second-order valence-electron chi connectivity index (χ2n) is 4.41. The number of ketones is 1. The van der Waals surface area contributed by atoms with Gasteiger partial charge in [0.2, 0.25) is 5.78 Å². The van der Waals surface area contributed by atoms with Crippen LogP contribution in [0, 0.1) is 0 Å². The molecule has 0 unspecified atom stereocenters. The van der Waals surface area contributed by atoms with Crippen molar-refractivity contribution in [3.8, 4) is 0 Å². The zero-order valence-electron chi connectivity index (χ0n) is 12.1. The van der Waals surface area contributed by atoms with E-state index >= 15 is 0 Å². The monoisotopic (exact) mass is 333 g/mol. The van der Waals surface area contributed by atoms with Gasteiger partial charge in [-0.3, -0.25) is 4.79 Å². The molecule has 1 amide bonds. The molecule has 6 nitrogen and oxygen atoms in total. The molecule has 1 atom stereocenters. The van der Waals surface area contributed by atoms with Gasteiger partial charge in [0.05, 0.1) is 7.11 Å². The Bertz CT molecular complexity index is 559. The van der Waals surface area contributed by atoms with Crippen molar-refractivity contribution in [2.24, 2.45) is 0 Å². The van der Waals surface area contributed by atoms with Gasteiger partial charge in [0.25, 0.3) is 0 Å². The van der Waals surface area contributed by atoms with Crippen molar-refractivity contribution in [3.63, 3.8) is 0 Å². The number of ether oxygens (including phenoxy) is 2. The van der Waals surface area contributed by atoms with Crippen LogP contribution in [-0.4, -0.2) is 37.2 Å². The quantitative estimate of drug-likeness (QED) is 0.805. The molecule has 0 saturated carbocycles. The number of nitrogens with one attached hydrogen (secondary N) is 1. The Morgan fingerprint density at radius 1 is 1.17 bits per heavy atom. The lowest BCUT2D eigenvalue weighted by atomic mass is 10.1. The van der Waals surface area contributed by atoms with Gasteiger partial charge in [-0.1, -0.05) is 30.3 Å². The van der Waals surface area contributed by atoms with Crippen LogP contribution in [0.4, 0.5) is 18.0 Å². The summed E-state index contributed by atoms with van der Waals surface area (Å²) in [6.07, 6.45) is -7.52. The van der Waals surface area contributed by atoms with E-state index in [4.69, 9.17) is 4.74 Å². The molecule has 1 aromatic rings. The van der Waals surface area contributed by atoms with Gasteiger partial charge in [-0.25, -0.2) is 9.59 Å². The molecule has 0 spiro atoms. The number of methoxy groups -OCH3 is 1. The Morgan fingerprint density at radius 2 is 1.78 bits per heavy atom. The standard InChI is InChI=1S/C14H14F3NO5/c1-22-12(20)10(7-11(19)14(15,16)17)18-13(21)23-8-9-5-3-2-4-6-9/h2-6,10H,7-8H2,1H3,(H,18,21)/t10-/m0/s1. The van der Waals surface area contributed by atoms with Gasteiger partial charge in [-0.15, -0.1) is 0 Å². The van der Waals surface area contributed by atoms with Crippen LogP contribution >= 0.6 is 0 Å². The Labute approximate surface area is 129 Å². The molecule has 126 valence electrons. The molecule has 0 heterocycles. The molecule has 0 aromatic heterocycles. The Hall–Kier alpha value is -2.58. The average molecular weight is 333 g/mol. The third-order valence-electron chi connectivity index (χ3n) is 2.70. The van der Waals surface area contributed by atoms with Crippen molar-refractivity contribution < 1.29 is 37.0 Å². The number of benzene rings is 1. The number of carbonyl (C=O) groups excluding carboxylic acids is 3. The summed E-state index contributed by atoms with van der Waals surface area (Å²) in [4.78, 5) is 33.8. The van der Waals surface area contributed by atoms with Crippen molar-refractivity contribution in [1.29, 1.82) is 0 Å². The molecule has 9 heteroatoms. The van der Waals surface area contributed by atoms with Crippen LogP contribution in [0.15, 0.2) is 30.3 Å². The molecule has 23 heavy (non-hydrogen) atoms. The number of alkyl halides is 3. The fraction of sp³-hybridized carbons (Fsp3) is 0.357. The minimum atomic E-state index is -5.11. The highest BCUT2D eigenvalue weighted by Gasteiger charge is 2.41. The molecular weight excluding hydrogens is 319 g/mol. The number of hydrogen-bond acceptors (Lipinski definition) is 5. The van der Waals surface area contributed by atoms with E-state index in [1.807, 2.05) is 5.32 Å². The molecule has 1 aromatic carbocycles. The van der Waals surface area contributed by atoms with Crippen LogP contribution in [0.2, 0.25) is 0 Å². The van der Waals surface area contributed by atoms with E-state index < -0.39 is 36.5 Å². The zero-order valence-corrected chi connectivity index (χ0v) is 12.1. The molecular formula is C14H14F3NO5. The maximum absolute atomic E-state index is 12.2. The van der Waals surface area contributed by atoms with E-state index in [9.17, 15) is 27.6 Å². The van der Waals surface area contributed by atoms with Gasteiger partial charge in [0.15, 0.2) is 0 Å². The van der Waals surface area contributed by atoms with E-state index in [0.717, 1.165) is 7.11 Å². The summed E-state index contributed by atoms with van der Waals surface area (Å²) >= 11 is 0. The molecule has 0 aliphatic carbocycles. The predicted octanol–water partition coefficient (Wildman–Crippen LogP) is 1.98. The van der Waals surface area contributed by atoms with Crippen molar-refractivity contribution in [2.75, 3.05) is 7.11 Å². The minimum Gasteiger partial charge on any atom is -0.467 e. The number of halogens is 3. The summed E-state index contributed by atoms with van der Waals surface area (Å²) in [6, 6.07) is 6.71. The van der Waals surface area contributed by atoms with E-state index in [0.29, 0.717) is 5.56 Å². The van der Waals surface area contributed by atoms with E-state index in [-0.39, 0.29) is 6.61 Å². The van der Waals surface area contributed by atoms with Gasteiger partial charge < -0.3 is 14.8 Å². The number of alkyl carbamates (subject to hydrolysis) is 1. The highest BCUT2D eigenvalue weighted by Crippen LogP contribution is 2.19. The average Bonchev–Trinajstić information content (AvgIpc) is 2.51. The number of rotatable bonds is 6. The minimum absolute atomic E-state index is 0.145. The first-order valence-corrected chi connectivity index (χ1v) is 6.39. The van der Waals surface area contributed by atoms with Crippen molar-refractivity contribution in [3.05, 3.63) is 35.9 Å². The molecule has 1 N–H and O–H groups in total. The van der Waals surface area contributed by atoms with Crippen molar-refractivity contribution in [2.45, 2.75) is 25.2 Å². The predicted molar refractivity (Wildman–Crippen MR) is 71.2 cm³/mol. The molecule has 0 radical (unpaired) electrons. The largest absolute Gasteiger partial charge is 0.467 e. The lowest BCUT2D eigenvalue weighted by molar-refractivity contribution is -0.172. The SMILES string of the molecule is COC(=O)[C@H](CC(=O)C(F)(F)F)NC(=O)OCc1ccccc1.